The highest BCUT2D eigenvalue weighted by Gasteiger charge is 2.32. The Morgan fingerprint density at radius 3 is 2.42 bits per heavy atom. The largest absolute Gasteiger partial charge is 0.475 e. The molecule has 0 aliphatic carbocycles. The fourth-order valence-corrected chi connectivity index (χ4v) is 7.20. The second-order valence-corrected chi connectivity index (χ2v) is 15.8. The quantitative estimate of drug-likeness (QED) is 0.211. The first-order valence-electron chi connectivity index (χ1n) is 16.2. The van der Waals surface area contributed by atoms with Crippen molar-refractivity contribution in [2.24, 2.45) is 5.41 Å². The van der Waals surface area contributed by atoms with Crippen LogP contribution in [0.1, 0.15) is 79.7 Å². The topological polar surface area (TPSA) is 119 Å². The van der Waals surface area contributed by atoms with Gasteiger partial charge >= 0.3 is 0 Å². The third-order valence-corrected chi connectivity index (χ3v) is 9.89. The lowest BCUT2D eigenvalue weighted by atomic mass is 9.87. The zero-order chi connectivity index (χ0) is 34.4. The monoisotopic (exact) mass is 666 g/mol. The maximum Gasteiger partial charge on any atom is 0.264 e. The standard InChI is InChI=1S/C37H42N6O4S/c1-23(2)26-14-15-42-20-28(38-32(42)17-26)21-43-29(19-37(5,6)7)22-47-33-18-31(34-24(3)10-8-11-25(34)4)39-36(40-33)41-48(45,46)30-13-9-12-27(16-30)35(43)44/h8-18,20,23,29H,19,21-22H2,1-7H3,(H,39,40,41)/t29-/m1/s1. The van der Waals surface area contributed by atoms with Gasteiger partial charge in [0, 0.05) is 29.6 Å². The summed E-state index contributed by atoms with van der Waals surface area (Å²) in [6.07, 6.45) is 4.52. The lowest BCUT2D eigenvalue weighted by Crippen LogP contribution is -2.45. The minimum atomic E-state index is -4.17. The average molecular weight is 667 g/mol. The molecule has 250 valence electrons. The molecule has 0 saturated carbocycles. The number of hydrogen-bond acceptors (Lipinski definition) is 7. The van der Waals surface area contributed by atoms with Gasteiger partial charge in [-0.25, -0.2) is 23.1 Å². The maximum absolute atomic E-state index is 14.5. The van der Waals surface area contributed by atoms with Crippen molar-refractivity contribution in [1.29, 1.82) is 0 Å². The van der Waals surface area contributed by atoms with E-state index in [4.69, 9.17) is 9.72 Å². The Kier molecular flexibility index (Phi) is 8.76. The molecule has 0 fully saturated rings. The molecule has 4 bridgehead atoms. The van der Waals surface area contributed by atoms with Gasteiger partial charge in [0.15, 0.2) is 0 Å². The van der Waals surface area contributed by atoms with E-state index in [-0.39, 0.29) is 46.8 Å². The number of rotatable bonds is 5. The summed E-state index contributed by atoms with van der Waals surface area (Å²) in [5, 5.41) is 0. The van der Waals surface area contributed by atoms with Gasteiger partial charge in [-0.2, -0.15) is 4.98 Å². The first kappa shape index (κ1) is 33.1. The molecule has 1 aliphatic heterocycles. The number of pyridine rings is 1. The van der Waals surface area contributed by atoms with Crippen molar-refractivity contribution in [2.45, 2.75) is 78.3 Å². The number of aromatic nitrogens is 4. The number of amides is 1. The molecule has 2 aromatic carbocycles. The second kappa shape index (κ2) is 12.7. The number of imidazole rings is 1. The molecule has 1 amide bonds. The third-order valence-electron chi connectivity index (χ3n) is 8.56. The summed E-state index contributed by atoms with van der Waals surface area (Å²) < 4.78 is 38.3. The van der Waals surface area contributed by atoms with Gasteiger partial charge in [0.2, 0.25) is 11.8 Å². The molecule has 11 heteroatoms. The van der Waals surface area contributed by atoms with E-state index in [9.17, 15) is 13.2 Å². The second-order valence-electron chi connectivity index (χ2n) is 14.1. The Labute approximate surface area is 282 Å². The van der Waals surface area contributed by atoms with Crippen molar-refractivity contribution in [3.63, 3.8) is 0 Å². The zero-order valence-corrected chi connectivity index (χ0v) is 29.3. The Balaban J connectivity index is 1.49. The number of carbonyl (C=O) groups is 1. The number of aryl methyl sites for hydroxylation is 2. The molecule has 5 aromatic rings. The fraction of sp³-hybridized carbons (Fsp3) is 0.351. The molecule has 3 aromatic heterocycles. The van der Waals surface area contributed by atoms with Gasteiger partial charge < -0.3 is 14.0 Å². The average Bonchev–Trinajstić information content (AvgIpc) is 3.42. The van der Waals surface area contributed by atoms with Crippen LogP contribution in [0.2, 0.25) is 0 Å². The number of fused-ring (bicyclic) bond motifs is 5. The van der Waals surface area contributed by atoms with E-state index in [0.717, 1.165) is 22.3 Å². The van der Waals surface area contributed by atoms with Crippen LogP contribution in [0.4, 0.5) is 5.95 Å². The summed E-state index contributed by atoms with van der Waals surface area (Å²) in [5.41, 5.74) is 6.10. The van der Waals surface area contributed by atoms with Crippen molar-refractivity contribution >= 4 is 27.5 Å². The SMILES string of the molecule is Cc1cccc(C)c1-c1cc2nc(n1)NS(=O)(=O)c1cccc(c1)C(=O)N(Cc1cn3ccc(C(C)C)cc3n1)[C@H](CC(C)(C)C)CO2. The number of nitrogens with zero attached hydrogens (tertiary/aromatic N) is 5. The van der Waals surface area contributed by atoms with Crippen LogP contribution in [0.25, 0.3) is 16.9 Å². The fourth-order valence-electron chi connectivity index (χ4n) is 6.21. The van der Waals surface area contributed by atoms with Gasteiger partial charge in [0.25, 0.3) is 15.9 Å². The molecule has 48 heavy (non-hydrogen) atoms. The summed E-state index contributed by atoms with van der Waals surface area (Å²) in [5.74, 6) is 0.111. The highest BCUT2D eigenvalue weighted by molar-refractivity contribution is 7.92. The minimum absolute atomic E-state index is 0.0718. The first-order valence-corrected chi connectivity index (χ1v) is 17.6. The molecule has 6 rings (SSSR count). The highest BCUT2D eigenvalue weighted by Crippen LogP contribution is 2.32. The summed E-state index contributed by atoms with van der Waals surface area (Å²) >= 11 is 0. The van der Waals surface area contributed by atoms with Crippen LogP contribution in [-0.2, 0) is 16.6 Å². The number of nitrogens with one attached hydrogen (secondary N) is 1. The smallest absolute Gasteiger partial charge is 0.264 e. The summed E-state index contributed by atoms with van der Waals surface area (Å²) in [6, 6.07) is 17.4. The Morgan fingerprint density at radius 2 is 1.71 bits per heavy atom. The Bertz CT molecular complexity index is 2100. The van der Waals surface area contributed by atoms with Crippen LogP contribution in [0.15, 0.2) is 78.0 Å². The van der Waals surface area contributed by atoms with Gasteiger partial charge in [-0.1, -0.05) is 58.9 Å². The number of benzene rings is 2. The molecule has 10 nitrogen and oxygen atoms in total. The number of carbonyl (C=O) groups excluding carboxylic acids is 1. The maximum atomic E-state index is 14.5. The zero-order valence-electron chi connectivity index (χ0n) is 28.5. The third kappa shape index (κ3) is 7.06. The van der Waals surface area contributed by atoms with E-state index in [0.29, 0.717) is 23.7 Å². The summed E-state index contributed by atoms with van der Waals surface area (Å²) in [7, 11) is -4.17. The normalized spacial score (nSPS) is 16.5. The van der Waals surface area contributed by atoms with Crippen molar-refractivity contribution in [3.8, 4) is 17.1 Å². The predicted molar refractivity (Wildman–Crippen MR) is 187 cm³/mol. The van der Waals surface area contributed by atoms with Crippen LogP contribution in [0.3, 0.4) is 0 Å². The van der Waals surface area contributed by atoms with Gasteiger partial charge in [0.05, 0.1) is 28.9 Å². The highest BCUT2D eigenvalue weighted by atomic mass is 32.2. The van der Waals surface area contributed by atoms with E-state index in [2.05, 4.69) is 61.4 Å². The Hall–Kier alpha value is -4.77. The predicted octanol–water partition coefficient (Wildman–Crippen LogP) is 7.17. The van der Waals surface area contributed by atoms with E-state index in [1.54, 1.807) is 23.1 Å². The molecule has 0 radical (unpaired) electrons. The van der Waals surface area contributed by atoms with Gasteiger partial charge in [0.1, 0.15) is 12.3 Å². The molecular weight excluding hydrogens is 625 g/mol. The van der Waals surface area contributed by atoms with Gasteiger partial charge in [-0.05, 0) is 78.6 Å². The van der Waals surface area contributed by atoms with Crippen molar-refractivity contribution in [3.05, 3.63) is 101 Å². The van der Waals surface area contributed by atoms with Crippen molar-refractivity contribution in [1.82, 2.24) is 24.3 Å². The van der Waals surface area contributed by atoms with Crippen molar-refractivity contribution in [2.75, 3.05) is 11.3 Å². The molecule has 1 N–H and O–H groups in total. The number of anilines is 1. The van der Waals surface area contributed by atoms with Crippen LogP contribution in [0.5, 0.6) is 5.88 Å². The minimum Gasteiger partial charge on any atom is -0.475 e. The molecule has 1 atom stereocenters. The van der Waals surface area contributed by atoms with Crippen LogP contribution in [-0.4, -0.2) is 51.2 Å². The van der Waals surface area contributed by atoms with Crippen LogP contribution < -0.4 is 9.46 Å². The van der Waals surface area contributed by atoms with Crippen molar-refractivity contribution < 1.29 is 17.9 Å². The van der Waals surface area contributed by atoms with E-state index in [1.165, 1.54) is 17.7 Å². The van der Waals surface area contributed by atoms with E-state index in [1.807, 2.05) is 48.8 Å². The van der Waals surface area contributed by atoms with Crippen LogP contribution in [0, 0.1) is 19.3 Å². The number of sulfonamides is 1. The number of hydrogen-bond donors (Lipinski definition) is 1. The summed E-state index contributed by atoms with van der Waals surface area (Å²) in [4.78, 5) is 30.2. The lowest BCUT2D eigenvalue weighted by Gasteiger charge is -2.35. The first-order chi connectivity index (χ1) is 22.7. The van der Waals surface area contributed by atoms with Gasteiger partial charge in [-0.15, -0.1) is 0 Å². The van der Waals surface area contributed by atoms with Crippen LogP contribution >= 0.6 is 0 Å². The molecule has 1 aliphatic rings. The van der Waals surface area contributed by atoms with Gasteiger partial charge in [-0.3, -0.25) is 4.79 Å². The summed E-state index contributed by atoms with van der Waals surface area (Å²) in [6.45, 7) is 14.9. The molecule has 0 spiro atoms. The molecule has 0 unspecified atom stereocenters. The Morgan fingerprint density at radius 1 is 0.979 bits per heavy atom. The van der Waals surface area contributed by atoms with E-state index >= 15 is 0 Å². The number of ether oxygens (including phenoxy) is 1. The lowest BCUT2D eigenvalue weighted by molar-refractivity contribution is 0.0509. The molecule has 0 saturated heterocycles. The van der Waals surface area contributed by atoms with E-state index < -0.39 is 16.1 Å². The molecular formula is C37H42N6O4S. The molecule has 4 heterocycles.